The van der Waals surface area contributed by atoms with Crippen LogP contribution in [0.25, 0.3) is 22.6 Å². The Kier molecular flexibility index (Phi) is 4.81. The summed E-state index contributed by atoms with van der Waals surface area (Å²) in [7, 11) is 0. The fraction of sp³-hybridized carbons (Fsp3) is 0.545. The second kappa shape index (κ2) is 7.61. The van der Waals surface area contributed by atoms with Crippen LogP contribution in [0.4, 0.5) is 0 Å². The maximum Gasteiger partial charge on any atom is 0.333 e. The lowest BCUT2D eigenvalue weighted by atomic mass is 9.94. The van der Waals surface area contributed by atoms with Gasteiger partial charge in [0.1, 0.15) is 11.3 Å². The van der Waals surface area contributed by atoms with Gasteiger partial charge in [-0.15, -0.1) is 0 Å². The van der Waals surface area contributed by atoms with Gasteiger partial charge in [0.2, 0.25) is 0 Å². The van der Waals surface area contributed by atoms with Crippen LogP contribution in [0.1, 0.15) is 76.3 Å². The highest BCUT2D eigenvalue weighted by Gasteiger charge is 2.28. The van der Waals surface area contributed by atoms with Gasteiger partial charge in [0, 0.05) is 30.0 Å². The zero-order valence-electron chi connectivity index (χ0n) is 16.6. The molecule has 152 valence electrons. The maximum absolute atomic E-state index is 13.6. The molecule has 0 bridgehead atoms. The molecule has 2 fully saturated rings. The molecule has 3 heterocycles. The maximum atomic E-state index is 13.6. The summed E-state index contributed by atoms with van der Waals surface area (Å²) in [6.45, 7) is 0. The van der Waals surface area contributed by atoms with Crippen molar-refractivity contribution in [2.24, 2.45) is 0 Å². The minimum absolute atomic E-state index is 0.00636. The molecule has 0 aliphatic heterocycles. The van der Waals surface area contributed by atoms with Crippen LogP contribution in [-0.2, 0) is 0 Å². The number of aromatic amines is 1. The molecule has 3 aromatic heterocycles. The second-order valence-corrected chi connectivity index (χ2v) is 8.44. The van der Waals surface area contributed by atoms with Gasteiger partial charge in [-0.2, -0.15) is 0 Å². The van der Waals surface area contributed by atoms with Crippen LogP contribution in [-0.4, -0.2) is 24.1 Å². The van der Waals surface area contributed by atoms with Gasteiger partial charge in [0.05, 0.1) is 0 Å². The van der Waals surface area contributed by atoms with Gasteiger partial charge in [-0.25, -0.2) is 9.78 Å². The Morgan fingerprint density at radius 3 is 2.17 bits per heavy atom. The quantitative estimate of drug-likeness (QED) is 0.730. The molecule has 0 radical (unpaired) electrons. The molecule has 2 aliphatic rings. The lowest BCUT2D eigenvalue weighted by molar-refractivity contribution is 0.306. The third-order valence-corrected chi connectivity index (χ3v) is 6.57. The number of imidazole rings is 1. The molecule has 5 rings (SSSR count). The van der Waals surface area contributed by atoms with Crippen LogP contribution in [0.2, 0.25) is 0 Å². The first kappa shape index (κ1) is 18.3. The molecular weight excluding hydrogens is 366 g/mol. The molecule has 2 aliphatic carbocycles. The first-order chi connectivity index (χ1) is 14.2. The van der Waals surface area contributed by atoms with E-state index in [0.717, 1.165) is 56.9 Å². The number of H-pyrrole nitrogens is 1. The highest BCUT2D eigenvalue weighted by atomic mass is 16.2. The van der Waals surface area contributed by atoms with E-state index in [1.54, 1.807) is 12.4 Å². The van der Waals surface area contributed by atoms with Crippen LogP contribution in [0.5, 0.6) is 0 Å². The highest BCUT2D eigenvalue weighted by molar-refractivity contribution is 5.75. The van der Waals surface area contributed by atoms with E-state index in [9.17, 15) is 9.59 Å². The summed E-state index contributed by atoms with van der Waals surface area (Å²) < 4.78 is 3.35. The normalized spacial score (nSPS) is 19.0. The number of pyridine rings is 1. The van der Waals surface area contributed by atoms with E-state index in [4.69, 9.17) is 4.98 Å². The molecule has 0 amide bonds. The first-order valence-electron chi connectivity index (χ1n) is 10.9. The van der Waals surface area contributed by atoms with Gasteiger partial charge in [0.15, 0.2) is 5.65 Å². The van der Waals surface area contributed by atoms with Crippen LogP contribution in [0, 0.1) is 0 Å². The molecule has 7 nitrogen and oxygen atoms in total. The number of nitrogens with zero attached hydrogens (tertiary/aromatic N) is 4. The van der Waals surface area contributed by atoms with E-state index >= 15 is 0 Å². The summed E-state index contributed by atoms with van der Waals surface area (Å²) in [4.78, 5) is 39.1. The van der Waals surface area contributed by atoms with Crippen LogP contribution >= 0.6 is 0 Å². The second-order valence-electron chi connectivity index (χ2n) is 8.44. The Morgan fingerprint density at radius 2 is 1.55 bits per heavy atom. The first-order valence-corrected chi connectivity index (χ1v) is 10.9. The number of aromatic nitrogens is 5. The third-order valence-electron chi connectivity index (χ3n) is 6.57. The van der Waals surface area contributed by atoms with Crippen molar-refractivity contribution < 1.29 is 0 Å². The van der Waals surface area contributed by atoms with Crippen molar-refractivity contribution in [1.82, 2.24) is 24.1 Å². The van der Waals surface area contributed by atoms with Crippen LogP contribution < -0.4 is 11.2 Å². The molecule has 0 spiro atoms. The molecule has 0 atom stereocenters. The predicted molar refractivity (Wildman–Crippen MR) is 112 cm³/mol. The minimum atomic E-state index is -0.230. The van der Waals surface area contributed by atoms with E-state index in [0.29, 0.717) is 17.0 Å². The van der Waals surface area contributed by atoms with Gasteiger partial charge in [-0.05, 0) is 37.8 Å². The Labute approximate surface area is 168 Å². The lowest BCUT2D eigenvalue weighted by Gasteiger charge is -2.28. The summed E-state index contributed by atoms with van der Waals surface area (Å²) in [5.41, 5.74) is 1.35. The van der Waals surface area contributed by atoms with E-state index in [1.165, 1.54) is 17.4 Å². The Morgan fingerprint density at radius 1 is 0.897 bits per heavy atom. The SMILES string of the molecule is O=c1c2[nH]c(-c3cccnc3)nc2n(C2CCCCC2)c(=O)n1C1CCCCC1. The van der Waals surface area contributed by atoms with Gasteiger partial charge >= 0.3 is 5.69 Å². The Hall–Kier alpha value is -2.70. The van der Waals surface area contributed by atoms with Gasteiger partial charge < -0.3 is 4.98 Å². The van der Waals surface area contributed by atoms with Crippen LogP contribution in [0.3, 0.4) is 0 Å². The zero-order valence-corrected chi connectivity index (χ0v) is 16.6. The molecule has 2 saturated carbocycles. The van der Waals surface area contributed by atoms with E-state index in [1.807, 2.05) is 16.7 Å². The predicted octanol–water partition coefficient (Wildman–Crippen LogP) is 3.96. The fourth-order valence-electron chi connectivity index (χ4n) is 5.07. The Balaban J connectivity index is 1.75. The molecule has 0 saturated heterocycles. The summed E-state index contributed by atoms with van der Waals surface area (Å²) >= 11 is 0. The van der Waals surface area contributed by atoms with Crippen molar-refractivity contribution in [2.45, 2.75) is 76.3 Å². The summed E-state index contributed by atoms with van der Waals surface area (Å²) in [6, 6.07) is 3.86. The third kappa shape index (κ3) is 3.22. The number of fused-ring (bicyclic) bond motifs is 1. The summed E-state index contributed by atoms with van der Waals surface area (Å²) in [5.74, 6) is 0.593. The van der Waals surface area contributed by atoms with Crippen molar-refractivity contribution >= 4 is 11.2 Å². The summed E-state index contributed by atoms with van der Waals surface area (Å²) in [5, 5.41) is 0. The largest absolute Gasteiger partial charge is 0.333 e. The van der Waals surface area contributed by atoms with Crippen molar-refractivity contribution in [3.8, 4) is 11.4 Å². The monoisotopic (exact) mass is 393 g/mol. The molecule has 7 heteroatoms. The lowest BCUT2D eigenvalue weighted by Crippen LogP contribution is -2.44. The van der Waals surface area contributed by atoms with E-state index in [-0.39, 0.29) is 23.3 Å². The number of nitrogens with one attached hydrogen (secondary N) is 1. The molecule has 3 aromatic rings. The standard InChI is InChI=1S/C22H27N5O2/c28-21-18-20(25-19(24-18)15-8-7-13-23-14-15)26(16-9-3-1-4-10-16)22(29)27(21)17-11-5-2-6-12-17/h7-8,13-14,16-17H,1-6,9-12H2,(H,24,25). The van der Waals surface area contributed by atoms with Crippen molar-refractivity contribution in [3.05, 3.63) is 45.4 Å². The highest BCUT2D eigenvalue weighted by Crippen LogP contribution is 2.31. The number of hydrogen-bond acceptors (Lipinski definition) is 4. The van der Waals surface area contributed by atoms with Crippen molar-refractivity contribution in [1.29, 1.82) is 0 Å². The Bertz CT molecular complexity index is 1120. The molecule has 1 N–H and O–H groups in total. The number of hydrogen-bond donors (Lipinski definition) is 1. The molecule has 0 aromatic carbocycles. The van der Waals surface area contributed by atoms with E-state index in [2.05, 4.69) is 9.97 Å². The van der Waals surface area contributed by atoms with Crippen molar-refractivity contribution in [2.75, 3.05) is 0 Å². The van der Waals surface area contributed by atoms with Crippen LogP contribution in [0.15, 0.2) is 34.1 Å². The average Bonchev–Trinajstić information content (AvgIpc) is 3.21. The topological polar surface area (TPSA) is 85.6 Å². The minimum Gasteiger partial charge on any atom is -0.332 e. The smallest absolute Gasteiger partial charge is 0.332 e. The molecule has 29 heavy (non-hydrogen) atoms. The average molecular weight is 393 g/mol. The van der Waals surface area contributed by atoms with Gasteiger partial charge in [-0.1, -0.05) is 38.5 Å². The zero-order chi connectivity index (χ0) is 19.8. The summed E-state index contributed by atoms with van der Waals surface area (Å²) in [6.07, 6.45) is 13.9. The van der Waals surface area contributed by atoms with Gasteiger partial charge in [-0.3, -0.25) is 18.9 Å². The van der Waals surface area contributed by atoms with Crippen molar-refractivity contribution in [3.63, 3.8) is 0 Å². The molecule has 0 unspecified atom stereocenters. The fourth-order valence-corrected chi connectivity index (χ4v) is 5.07. The van der Waals surface area contributed by atoms with Gasteiger partial charge in [0.25, 0.3) is 5.56 Å². The number of rotatable bonds is 3. The van der Waals surface area contributed by atoms with E-state index < -0.39 is 0 Å². The molecular formula is C22H27N5O2.